The maximum atomic E-state index is 8.93. The van der Waals surface area contributed by atoms with E-state index in [1.54, 1.807) is 11.3 Å². The summed E-state index contributed by atoms with van der Waals surface area (Å²) in [5, 5.41) is 8.93. The topological polar surface area (TPSA) is 27.0 Å². The van der Waals surface area contributed by atoms with Gasteiger partial charge in [-0.05, 0) is 52.0 Å². The molecule has 0 spiro atoms. The summed E-state index contributed by atoms with van der Waals surface area (Å²) in [6.07, 6.45) is 0. The average molecular weight is 324 g/mol. The van der Waals surface area contributed by atoms with Crippen LogP contribution in [0, 0.1) is 11.3 Å². The van der Waals surface area contributed by atoms with Gasteiger partial charge in [0, 0.05) is 9.35 Å². The number of halogens is 2. The molecule has 13 heavy (non-hydrogen) atoms. The Labute approximate surface area is 98.4 Å². The smallest absolute Gasteiger partial charge is 0.132 e. The largest absolute Gasteiger partial charge is 0.290 e. The van der Waals surface area contributed by atoms with Crippen molar-refractivity contribution in [1.82, 2.24) is 4.90 Å². The quantitative estimate of drug-likeness (QED) is 0.834. The highest BCUT2D eigenvalue weighted by Gasteiger charge is 2.16. The highest BCUT2D eigenvalue weighted by molar-refractivity contribution is 9.13. The van der Waals surface area contributed by atoms with E-state index in [1.165, 1.54) is 0 Å². The lowest BCUT2D eigenvalue weighted by atomic mass is 10.2. The molecule has 1 aromatic rings. The predicted octanol–water partition coefficient (Wildman–Crippen LogP) is 3.40. The molecular weight excluding hydrogens is 316 g/mol. The fourth-order valence-electron chi connectivity index (χ4n) is 0.932. The van der Waals surface area contributed by atoms with Crippen molar-refractivity contribution in [2.45, 2.75) is 6.04 Å². The summed E-state index contributed by atoms with van der Waals surface area (Å²) >= 11 is 8.39. The van der Waals surface area contributed by atoms with Crippen molar-refractivity contribution in [1.29, 1.82) is 5.26 Å². The molecule has 0 saturated heterocycles. The maximum absolute atomic E-state index is 8.93. The van der Waals surface area contributed by atoms with Crippen LogP contribution in [0.15, 0.2) is 14.3 Å². The molecule has 1 atom stereocenters. The fourth-order valence-corrected chi connectivity index (χ4v) is 3.16. The molecule has 2 nitrogen and oxygen atoms in total. The Bertz CT molecular complexity index is 321. The molecule has 0 aliphatic rings. The van der Waals surface area contributed by atoms with Crippen LogP contribution in [-0.2, 0) is 0 Å². The molecule has 1 aromatic heterocycles. The molecule has 0 aliphatic carbocycles. The lowest BCUT2D eigenvalue weighted by Crippen LogP contribution is -2.16. The zero-order valence-corrected chi connectivity index (χ0v) is 11.2. The first-order valence-electron chi connectivity index (χ1n) is 3.57. The first kappa shape index (κ1) is 11.2. The summed E-state index contributed by atoms with van der Waals surface area (Å²) in [5.41, 5.74) is 0. The summed E-state index contributed by atoms with van der Waals surface area (Å²) in [7, 11) is 3.80. The highest BCUT2D eigenvalue weighted by Crippen LogP contribution is 2.36. The lowest BCUT2D eigenvalue weighted by molar-refractivity contribution is 0.362. The zero-order chi connectivity index (χ0) is 10.0. The van der Waals surface area contributed by atoms with Crippen molar-refractivity contribution in [2.24, 2.45) is 0 Å². The summed E-state index contributed by atoms with van der Waals surface area (Å²) in [4.78, 5) is 2.94. The molecule has 1 heterocycles. The van der Waals surface area contributed by atoms with E-state index in [0.717, 1.165) is 13.1 Å². The Morgan fingerprint density at radius 1 is 1.54 bits per heavy atom. The van der Waals surface area contributed by atoms with Gasteiger partial charge in [-0.15, -0.1) is 11.3 Å². The second kappa shape index (κ2) is 4.56. The number of rotatable bonds is 2. The molecular formula is C8H8Br2N2S. The number of nitriles is 1. The second-order valence-electron chi connectivity index (χ2n) is 2.77. The van der Waals surface area contributed by atoms with Crippen molar-refractivity contribution >= 4 is 43.2 Å². The van der Waals surface area contributed by atoms with Crippen molar-refractivity contribution in [3.8, 4) is 6.07 Å². The molecule has 0 aliphatic heterocycles. The van der Waals surface area contributed by atoms with Crippen LogP contribution in [0.2, 0.25) is 0 Å². The van der Waals surface area contributed by atoms with Gasteiger partial charge in [0.1, 0.15) is 6.04 Å². The average Bonchev–Trinajstić information content (AvgIpc) is 2.32. The molecule has 1 rings (SSSR count). The summed E-state index contributed by atoms with van der Waals surface area (Å²) < 4.78 is 2.04. The standard InChI is InChI=1S/C8H8Br2N2S/c1-12(2)6(4-11)7-3-5(9)8(10)13-7/h3,6H,1-2H3. The normalized spacial score (nSPS) is 12.9. The Morgan fingerprint density at radius 3 is 2.46 bits per heavy atom. The first-order valence-corrected chi connectivity index (χ1v) is 5.97. The minimum atomic E-state index is -0.160. The van der Waals surface area contributed by atoms with E-state index < -0.39 is 0 Å². The van der Waals surface area contributed by atoms with Crippen molar-refractivity contribution in [2.75, 3.05) is 14.1 Å². The van der Waals surface area contributed by atoms with Crippen molar-refractivity contribution in [3.05, 3.63) is 19.2 Å². The van der Waals surface area contributed by atoms with Gasteiger partial charge in [-0.3, -0.25) is 4.90 Å². The van der Waals surface area contributed by atoms with Crippen LogP contribution in [-0.4, -0.2) is 19.0 Å². The fraction of sp³-hybridized carbons (Fsp3) is 0.375. The van der Waals surface area contributed by atoms with Crippen LogP contribution in [0.5, 0.6) is 0 Å². The van der Waals surface area contributed by atoms with Gasteiger partial charge < -0.3 is 0 Å². The molecule has 0 bridgehead atoms. The molecule has 0 saturated carbocycles. The predicted molar refractivity (Wildman–Crippen MR) is 61.8 cm³/mol. The van der Waals surface area contributed by atoms with E-state index in [2.05, 4.69) is 37.9 Å². The van der Waals surface area contributed by atoms with Gasteiger partial charge in [0.2, 0.25) is 0 Å². The second-order valence-corrected chi connectivity index (χ2v) is 6.02. The van der Waals surface area contributed by atoms with Crippen LogP contribution < -0.4 is 0 Å². The minimum Gasteiger partial charge on any atom is -0.290 e. The van der Waals surface area contributed by atoms with Crippen LogP contribution in [0.3, 0.4) is 0 Å². The molecule has 0 radical (unpaired) electrons. The molecule has 0 N–H and O–H groups in total. The maximum Gasteiger partial charge on any atom is 0.132 e. The number of thiophene rings is 1. The van der Waals surface area contributed by atoms with Gasteiger partial charge in [-0.25, -0.2) is 0 Å². The van der Waals surface area contributed by atoms with Gasteiger partial charge in [0.15, 0.2) is 0 Å². The van der Waals surface area contributed by atoms with Gasteiger partial charge in [-0.2, -0.15) is 5.26 Å². The summed E-state index contributed by atoms with van der Waals surface area (Å²) in [5.74, 6) is 0. The monoisotopic (exact) mass is 322 g/mol. The molecule has 5 heteroatoms. The molecule has 0 aromatic carbocycles. The Kier molecular flexibility index (Phi) is 3.92. The van der Waals surface area contributed by atoms with E-state index in [-0.39, 0.29) is 6.04 Å². The summed E-state index contributed by atoms with van der Waals surface area (Å²) in [6, 6.07) is 4.07. The Morgan fingerprint density at radius 2 is 2.15 bits per heavy atom. The van der Waals surface area contributed by atoms with Gasteiger partial charge in [0.25, 0.3) is 0 Å². The Balaban J connectivity index is 3.00. The molecule has 0 amide bonds. The molecule has 70 valence electrons. The third-order valence-corrected chi connectivity index (χ3v) is 4.88. The van der Waals surface area contributed by atoms with Crippen LogP contribution >= 0.6 is 43.2 Å². The van der Waals surface area contributed by atoms with Crippen LogP contribution in [0.25, 0.3) is 0 Å². The van der Waals surface area contributed by atoms with Gasteiger partial charge in [0.05, 0.1) is 9.86 Å². The third-order valence-electron chi connectivity index (χ3n) is 1.57. The molecule has 0 fully saturated rings. The van der Waals surface area contributed by atoms with E-state index in [0.29, 0.717) is 0 Å². The van der Waals surface area contributed by atoms with Gasteiger partial charge in [-0.1, -0.05) is 0 Å². The van der Waals surface area contributed by atoms with Crippen LogP contribution in [0.4, 0.5) is 0 Å². The highest BCUT2D eigenvalue weighted by atomic mass is 79.9. The summed E-state index contributed by atoms with van der Waals surface area (Å²) in [6.45, 7) is 0. The van der Waals surface area contributed by atoms with E-state index >= 15 is 0 Å². The first-order chi connectivity index (χ1) is 6.06. The lowest BCUT2D eigenvalue weighted by Gasteiger charge is -2.14. The van der Waals surface area contributed by atoms with E-state index in [1.807, 2.05) is 25.1 Å². The zero-order valence-electron chi connectivity index (χ0n) is 7.21. The van der Waals surface area contributed by atoms with Crippen molar-refractivity contribution in [3.63, 3.8) is 0 Å². The number of nitrogens with zero attached hydrogens (tertiary/aromatic N) is 2. The minimum absolute atomic E-state index is 0.160. The van der Waals surface area contributed by atoms with Gasteiger partial charge >= 0.3 is 0 Å². The van der Waals surface area contributed by atoms with E-state index in [4.69, 9.17) is 5.26 Å². The van der Waals surface area contributed by atoms with E-state index in [9.17, 15) is 0 Å². The third kappa shape index (κ3) is 2.53. The number of hydrogen-bond donors (Lipinski definition) is 0. The Hall–Kier alpha value is 0.110. The SMILES string of the molecule is CN(C)C(C#N)c1cc(Br)c(Br)s1. The molecule has 1 unspecified atom stereocenters. The van der Waals surface area contributed by atoms with Crippen molar-refractivity contribution < 1.29 is 0 Å². The number of hydrogen-bond acceptors (Lipinski definition) is 3. The van der Waals surface area contributed by atoms with Crippen LogP contribution in [0.1, 0.15) is 10.9 Å².